The van der Waals surface area contributed by atoms with Crippen molar-refractivity contribution in [1.82, 2.24) is 15.1 Å². The molecule has 4 rings (SSSR count). The monoisotopic (exact) mass is 435 g/mol. The minimum atomic E-state index is -1.45. The smallest absolute Gasteiger partial charge is 0.257 e. The lowest BCUT2D eigenvalue weighted by Gasteiger charge is -2.35. The van der Waals surface area contributed by atoms with Gasteiger partial charge in [-0.2, -0.15) is 4.39 Å². The zero-order chi connectivity index (χ0) is 22.0. The molecule has 166 valence electrons. The molecule has 1 amide bonds. The molecule has 0 bridgehead atoms. The molecule has 0 unspecified atom stereocenters. The molecule has 2 aromatic rings. The molecule has 31 heavy (non-hydrogen) atoms. The van der Waals surface area contributed by atoms with Gasteiger partial charge < -0.3 is 19.4 Å². The van der Waals surface area contributed by atoms with Crippen LogP contribution in [0, 0.1) is 17.5 Å². The van der Waals surface area contributed by atoms with E-state index in [-0.39, 0.29) is 13.1 Å². The van der Waals surface area contributed by atoms with Gasteiger partial charge in [-0.3, -0.25) is 4.79 Å². The number of hydrogen-bond acceptors (Lipinski definition) is 6. The van der Waals surface area contributed by atoms with E-state index in [2.05, 4.69) is 19.8 Å². The number of aromatic nitrogens is 2. The average molecular weight is 435 g/mol. The minimum Gasteiger partial charge on any atom is -0.491 e. The minimum absolute atomic E-state index is 0.287. The van der Waals surface area contributed by atoms with E-state index < -0.39 is 34.7 Å². The first-order chi connectivity index (χ1) is 15.0. The van der Waals surface area contributed by atoms with Crippen molar-refractivity contribution in [1.29, 1.82) is 0 Å². The third kappa shape index (κ3) is 4.24. The molecule has 0 saturated carbocycles. The van der Waals surface area contributed by atoms with Crippen LogP contribution < -0.4 is 14.5 Å². The maximum absolute atomic E-state index is 14.4. The zero-order valence-corrected chi connectivity index (χ0v) is 17.3. The molecule has 0 spiro atoms. The molecular formula is C21H24F3N5O2. The van der Waals surface area contributed by atoms with E-state index in [4.69, 9.17) is 0 Å². The van der Waals surface area contributed by atoms with Gasteiger partial charge in [0.1, 0.15) is 0 Å². The van der Waals surface area contributed by atoms with Gasteiger partial charge in [0, 0.05) is 39.3 Å². The van der Waals surface area contributed by atoms with Crippen LogP contribution in [0.5, 0.6) is 5.75 Å². The maximum Gasteiger partial charge on any atom is 0.257 e. The summed E-state index contributed by atoms with van der Waals surface area (Å²) in [5.74, 6) is -4.02. The molecular weight excluding hydrogens is 411 g/mol. The van der Waals surface area contributed by atoms with E-state index in [0.717, 1.165) is 38.9 Å². The molecule has 0 aliphatic carbocycles. The number of halogens is 3. The number of methoxy groups -OCH3 is 1. The van der Waals surface area contributed by atoms with E-state index in [1.54, 1.807) is 0 Å². The van der Waals surface area contributed by atoms with Gasteiger partial charge in [0.25, 0.3) is 5.91 Å². The largest absolute Gasteiger partial charge is 0.491 e. The number of amides is 1. The van der Waals surface area contributed by atoms with Gasteiger partial charge in [-0.1, -0.05) is 0 Å². The van der Waals surface area contributed by atoms with Crippen molar-refractivity contribution < 1.29 is 22.7 Å². The summed E-state index contributed by atoms with van der Waals surface area (Å²) in [4.78, 5) is 18.3. The van der Waals surface area contributed by atoms with E-state index in [1.807, 2.05) is 17.0 Å². The summed E-state index contributed by atoms with van der Waals surface area (Å²) in [6.07, 6.45) is 3.56. The Balaban J connectivity index is 1.41. The number of nitrogens with zero attached hydrogens (tertiary/aromatic N) is 5. The van der Waals surface area contributed by atoms with Crippen LogP contribution in [0.3, 0.4) is 0 Å². The van der Waals surface area contributed by atoms with Crippen LogP contribution in [0.4, 0.5) is 24.8 Å². The van der Waals surface area contributed by atoms with E-state index >= 15 is 0 Å². The molecule has 10 heteroatoms. The number of benzene rings is 1. The summed E-state index contributed by atoms with van der Waals surface area (Å²) in [7, 11) is 1.02. The first-order valence-corrected chi connectivity index (χ1v) is 10.3. The number of carbonyl (C=O) groups is 1. The Hall–Kier alpha value is -3.04. The second-order valence-corrected chi connectivity index (χ2v) is 7.64. The highest BCUT2D eigenvalue weighted by Crippen LogP contribution is 2.28. The lowest BCUT2D eigenvalue weighted by Crippen LogP contribution is -2.49. The molecule has 2 aliphatic heterocycles. The Labute approximate surface area is 178 Å². The zero-order valence-electron chi connectivity index (χ0n) is 17.3. The highest BCUT2D eigenvalue weighted by atomic mass is 19.2. The fourth-order valence-electron chi connectivity index (χ4n) is 4.00. The molecule has 2 saturated heterocycles. The second-order valence-electron chi connectivity index (χ2n) is 7.64. The summed E-state index contributed by atoms with van der Waals surface area (Å²) in [5, 5.41) is 8.67. The van der Waals surface area contributed by atoms with Crippen molar-refractivity contribution in [2.45, 2.75) is 19.3 Å². The van der Waals surface area contributed by atoms with Crippen LogP contribution in [0.2, 0.25) is 0 Å². The number of rotatable bonds is 4. The third-order valence-electron chi connectivity index (χ3n) is 5.76. The van der Waals surface area contributed by atoms with Crippen molar-refractivity contribution in [3.05, 3.63) is 41.2 Å². The Bertz CT molecular complexity index is 943. The lowest BCUT2D eigenvalue weighted by atomic mass is 10.1. The molecule has 7 nitrogen and oxygen atoms in total. The highest BCUT2D eigenvalue weighted by Gasteiger charge is 2.29. The molecule has 0 N–H and O–H groups in total. The van der Waals surface area contributed by atoms with Crippen LogP contribution in [-0.2, 0) is 0 Å². The molecule has 2 fully saturated rings. The summed E-state index contributed by atoms with van der Waals surface area (Å²) in [6, 6.07) is 4.44. The molecule has 1 aromatic carbocycles. The van der Waals surface area contributed by atoms with Crippen molar-refractivity contribution >= 4 is 17.5 Å². The van der Waals surface area contributed by atoms with Gasteiger partial charge in [-0.05, 0) is 37.5 Å². The first-order valence-electron chi connectivity index (χ1n) is 10.3. The predicted molar refractivity (Wildman–Crippen MR) is 109 cm³/mol. The normalized spacial score (nSPS) is 17.1. The van der Waals surface area contributed by atoms with Crippen LogP contribution in [0.15, 0.2) is 18.2 Å². The van der Waals surface area contributed by atoms with E-state index in [1.165, 1.54) is 11.3 Å². The number of anilines is 2. The van der Waals surface area contributed by atoms with Gasteiger partial charge in [0.15, 0.2) is 29.0 Å². The third-order valence-corrected chi connectivity index (χ3v) is 5.76. The first kappa shape index (κ1) is 21.2. The van der Waals surface area contributed by atoms with Gasteiger partial charge in [0.05, 0.1) is 12.7 Å². The van der Waals surface area contributed by atoms with Crippen molar-refractivity contribution in [3.63, 3.8) is 0 Å². The molecule has 0 atom stereocenters. The van der Waals surface area contributed by atoms with Crippen molar-refractivity contribution in [2.75, 3.05) is 56.2 Å². The summed E-state index contributed by atoms with van der Waals surface area (Å²) >= 11 is 0. The number of carbonyl (C=O) groups excluding carboxylic acids is 1. The Kier molecular flexibility index (Phi) is 6.15. The Morgan fingerprint density at radius 3 is 2.00 bits per heavy atom. The molecule has 0 radical (unpaired) electrons. The Morgan fingerprint density at radius 2 is 1.45 bits per heavy atom. The summed E-state index contributed by atoms with van der Waals surface area (Å²) < 4.78 is 46.4. The van der Waals surface area contributed by atoms with Crippen LogP contribution in [0.1, 0.15) is 29.6 Å². The van der Waals surface area contributed by atoms with Crippen molar-refractivity contribution in [2.24, 2.45) is 0 Å². The topological polar surface area (TPSA) is 61.8 Å². The number of ether oxygens (including phenoxy) is 1. The summed E-state index contributed by atoms with van der Waals surface area (Å²) in [6.45, 7) is 3.47. The number of piperazine rings is 1. The fourth-order valence-corrected chi connectivity index (χ4v) is 4.00. The molecule has 1 aromatic heterocycles. The summed E-state index contributed by atoms with van der Waals surface area (Å²) in [5.41, 5.74) is -0.546. The van der Waals surface area contributed by atoms with Gasteiger partial charge in [0.2, 0.25) is 5.82 Å². The standard InChI is InChI=1S/C21H24F3N5O2/c1-31-20-18(23)14(13-15(22)19(20)24)21(30)29-11-9-28(10-12-29)17-6-5-16(25-26-17)27-7-3-2-4-8-27/h5-6,13H,2-4,7-12H2,1H3. The molecule has 2 aliphatic rings. The number of hydrogen-bond donors (Lipinski definition) is 0. The predicted octanol–water partition coefficient (Wildman–Crippen LogP) is 2.86. The second kappa shape index (κ2) is 8.99. The van der Waals surface area contributed by atoms with Gasteiger partial charge in [-0.15, -0.1) is 10.2 Å². The molecule has 3 heterocycles. The Morgan fingerprint density at radius 1 is 0.871 bits per heavy atom. The van der Waals surface area contributed by atoms with Gasteiger partial charge in [-0.25, -0.2) is 8.78 Å². The maximum atomic E-state index is 14.4. The SMILES string of the molecule is COc1c(F)c(F)cc(C(=O)N2CCN(c3ccc(N4CCCCC4)nn3)CC2)c1F. The van der Waals surface area contributed by atoms with Crippen LogP contribution in [0.25, 0.3) is 0 Å². The van der Waals surface area contributed by atoms with E-state index in [0.29, 0.717) is 25.0 Å². The lowest BCUT2D eigenvalue weighted by molar-refractivity contribution is 0.0740. The highest BCUT2D eigenvalue weighted by molar-refractivity contribution is 5.95. The van der Waals surface area contributed by atoms with E-state index in [9.17, 15) is 18.0 Å². The van der Waals surface area contributed by atoms with Crippen molar-refractivity contribution in [3.8, 4) is 5.75 Å². The quantitative estimate of drug-likeness (QED) is 0.689. The average Bonchev–Trinajstić information content (AvgIpc) is 2.82. The van der Waals surface area contributed by atoms with Crippen LogP contribution in [-0.4, -0.2) is 67.4 Å². The van der Waals surface area contributed by atoms with Crippen LogP contribution >= 0.6 is 0 Å². The number of piperidine rings is 1. The van der Waals surface area contributed by atoms with Gasteiger partial charge >= 0.3 is 0 Å². The fraction of sp³-hybridized carbons (Fsp3) is 0.476.